The molecule has 0 saturated heterocycles. The Labute approximate surface area is 116 Å². The van der Waals surface area contributed by atoms with Crippen LogP contribution < -0.4 is 5.73 Å². The highest BCUT2D eigenvalue weighted by atomic mass is 127. The average molecular weight is 360 g/mol. The number of thiazole rings is 1. The predicted molar refractivity (Wildman–Crippen MR) is 76.0 cm³/mol. The molecule has 0 unspecified atom stereocenters. The highest BCUT2D eigenvalue weighted by Gasteiger charge is 2.17. The monoisotopic (exact) mass is 360 g/mol. The van der Waals surface area contributed by atoms with Crippen molar-refractivity contribution in [1.29, 1.82) is 0 Å². The largest absolute Gasteiger partial charge is 0.464 e. The molecular weight excluding hydrogens is 351 g/mol. The van der Waals surface area contributed by atoms with E-state index in [1.54, 1.807) is 0 Å². The number of nitrogens with two attached hydrogens (primary N) is 1. The Balaban J connectivity index is 2.44. The van der Waals surface area contributed by atoms with Crippen LogP contribution in [0.2, 0.25) is 0 Å². The standard InChI is InChI=1S/C11H9IN2O2S/c1-16-11(15)8-9(13)17-10(14-8)6-3-2-4-7(12)5-6/h2-5H,13H2,1H3. The summed E-state index contributed by atoms with van der Waals surface area (Å²) in [6.45, 7) is 0. The molecule has 0 atom stereocenters. The van der Waals surface area contributed by atoms with E-state index in [1.165, 1.54) is 18.4 Å². The van der Waals surface area contributed by atoms with Crippen molar-refractivity contribution in [1.82, 2.24) is 4.98 Å². The van der Waals surface area contributed by atoms with Crippen LogP contribution in [0.1, 0.15) is 10.5 Å². The number of aromatic nitrogens is 1. The number of nitrogen functional groups attached to an aromatic ring is 1. The van der Waals surface area contributed by atoms with E-state index in [0.717, 1.165) is 14.1 Å². The molecule has 17 heavy (non-hydrogen) atoms. The molecule has 1 aromatic carbocycles. The topological polar surface area (TPSA) is 65.2 Å². The summed E-state index contributed by atoms with van der Waals surface area (Å²) < 4.78 is 5.72. The van der Waals surface area contributed by atoms with Gasteiger partial charge in [-0.05, 0) is 34.7 Å². The van der Waals surface area contributed by atoms with Crippen LogP contribution in [0.15, 0.2) is 24.3 Å². The van der Waals surface area contributed by atoms with Gasteiger partial charge in [0.1, 0.15) is 10.0 Å². The van der Waals surface area contributed by atoms with Gasteiger partial charge < -0.3 is 10.5 Å². The summed E-state index contributed by atoms with van der Waals surface area (Å²) >= 11 is 3.50. The Kier molecular flexibility index (Phi) is 3.63. The lowest BCUT2D eigenvalue weighted by Crippen LogP contribution is -2.04. The molecule has 0 aliphatic rings. The number of hydrogen-bond acceptors (Lipinski definition) is 5. The molecule has 2 rings (SSSR count). The number of anilines is 1. The lowest BCUT2D eigenvalue weighted by Gasteiger charge is -1.96. The maximum Gasteiger partial charge on any atom is 0.359 e. The smallest absolute Gasteiger partial charge is 0.359 e. The van der Waals surface area contributed by atoms with E-state index in [0.29, 0.717) is 5.00 Å². The van der Waals surface area contributed by atoms with Crippen LogP contribution in [0.5, 0.6) is 0 Å². The number of hydrogen-bond donors (Lipinski definition) is 1. The van der Waals surface area contributed by atoms with Gasteiger partial charge in [0.2, 0.25) is 0 Å². The van der Waals surface area contributed by atoms with Crippen molar-refractivity contribution >= 4 is 44.9 Å². The van der Waals surface area contributed by atoms with Gasteiger partial charge in [-0.3, -0.25) is 0 Å². The molecule has 4 nitrogen and oxygen atoms in total. The number of benzene rings is 1. The number of carbonyl (C=O) groups excluding carboxylic acids is 1. The number of esters is 1. The molecule has 0 radical (unpaired) electrons. The maximum absolute atomic E-state index is 11.4. The third-order valence-electron chi connectivity index (χ3n) is 2.10. The Hall–Kier alpha value is -1.15. The zero-order valence-corrected chi connectivity index (χ0v) is 11.9. The molecule has 0 fully saturated rings. The molecule has 6 heteroatoms. The van der Waals surface area contributed by atoms with Crippen molar-refractivity contribution < 1.29 is 9.53 Å². The summed E-state index contributed by atoms with van der Waals surface area (Å²) in [5, 5.41) is 1.10. The van der Waals surface area contributed by atoms with Gasteiger partial charge in [0, 0.05) is 9.13 Å². The minimum absolute atomic E-state index is 0.186. The highest BCUT2D eigenvalue weighted by Crippen LogP contribution is 2.30. The van der Waals surface area contributed by atoms with Gasteiger partial charge in [-0.25, -0.2) is 9.78 Å². The Morgan fingerprint density at radius 2 is 2.29 bits per heavy atom. The van der Waals surface area contributed by atoms with Crippen molar-refractivity contribution in [3.8, 4) is 10.6 Å². The van der Waals surface area contributed by atoms with Crippen molar-refractivity contribution in [2.45, 2.75) is 0 Å². The Morgan fingerprint density at radius 1 is 1.53 bits per heavy atom. The van der Waals surface area contributed by atoms with E-state index in [4.69, 9.17) is 5.73 Å². The van der Waals surface area contributed by atoms with Crippen molar-refractivity contribution in [3.63, 3.8) is 0 Å². The summed E-state index contributed by atoms with van der Waals surface area (Å²) in [7, 11) is 1.31. The third-order valence-corrected chi connectivity index (χ3v) is 3.71. The molecule has 0 amide bonds. The van der Waals surface area contributed by atoms with Gasteiger partial charge >= 0.3 is 5.97 Å². The van der Waals surface area contributed by atoms with E-state index >= 15 is 0 Å². The highest BCUT2D eigenvalue weighted by molar-refractivity contribution is 14.1. The zero-order valence-electron chi connectivity index (χ0n) is 8.94. The van der Waals surface area contributed by atoms with Crippen LogP contribution >= 0.6 is 33.9 Å². The molecule has 1 heterocycles. The molecule has 2 aromatic rings. The molecular formula is C11H9IN2O2S. The van der Waals surface area contributed by atoms with Crippen LogP contribution in [0, 0.1) is 3.57 Å². The third kappa shape index (κ3) is 2.58. The summed E-state index contributed by atoms with van der Waals surface area (Å²) in [6, 6.07) is 7.84. The van der Waals surface area contributed by atoms with Crippen LogP contribution in [0.25, 0.3) is 10.6 Å². The van der Waals surface area contributed by atoms with Gasteiger partial charge in [0.25, 0.3) is 0 Å². The van der Waals surface area contributed by atoms with Gasteiger partial charge in [-0.1, -0.05) is 23.5 Å². The normalized spacial score (nSPS) is 10.2. The number of halogens is 1. The molecule has 88 valence electrons. The van der Waals surface area contributed by atoms with E-state index in [-0.39, 0.29) is 5.69 Å². The van der Waals surface area contributed by atoms with Crippen LogP contribution in [-0.4, -0.2) is 18.1 Å². The molecule has 0 aliphatic carbocycles. The second kappa shape index (κ2) is 5.01. The first-order chi connectivity index (χ1) is 8.11. The minimum atomic E-state index is -0.504. The summed E-state index contributed by atoms with van der Waals surface area (Å²) in [5.41, 5.74) is 6.88. The summed E-state index contributed by atoms with van der Waals surface area (Å²) in [4.78, 5) is 15.6. The van der Waals surface area contributed by atoms with E-state index < -0.39 is 5.97 Å². The zero-order chi connectivity index (χ0) is 12.4. The molecule has 0 bridgehead atoms. The minimum Gasteiger partial charge on any atom is -0.464 e. The van der Waals surface area contributed by atoms with E-state index in [9.17, 15) is 4.79 Å². The lowest BCUT2D eigenvalue weighted by atomic mass is 10.2. The quantitative estimate of drug-likeness (QED) is 0.661. The first kappa shape index (κ1) is 12.3. The number of ether oxygens (including phenoxy) is 1. The molecule has 2 N–H and O–H groups in total. The fraction of sp³-hybridized carbons (Fsp3) is 0.0909. The van der Waals surface area contributed by atoms with Crippen LogP contribution in [-0.2, 0) is 4.74 Å². The SMILES string of the molecule is COC(=O)c1nc(-c2cccc(I)c2)sc1N. The van der Waals surface area contributed by atoms with Gasteiger partial charge in [-0.2, -0.15) is 0 Å². The maximum atomic E-state index is 11.4. The Morgan fingerprint density at radius 3 is 2.94 bits per heavy atom. The summed E-state index contributed by atoms with van der Waals surface area (Å²) in [5.74, 6) is -0.504. The average Bonchev–Trinajstić information content (AvgIpc) is 2.70. The van der Waals surface area contributed by atoms with E-state index in [1.807, 2.05) is 24.3 Å². The fourth-order valence-electron chi connectivity index (χ4n) is 1.32. The second-order valence-electron chi connectivity index (χ2n) is 3.23. The first-order valence-electron chi connectivity index (χ1n) is 4.72. The number of carbonyl (C=O) groups is 1. The molecule has 0 spiro atoms. The Bertz CT molecular complexity index is 568. The van der Waals surface area contributed by atoms with Crippen molar-refractivity contribution in [2.24, 2.45) is 0 Å². The van der Waals surface area contributed by atoms with Crippen LogP contribution in [0.3, 0.4) is 0 Å². The number of rotatable bonds is 2. The number of nitrogens with zero attached hydrogens (tertiary/aromatic N) is 1. The predicted octanol–water partition coefficient (Wildman–Crippen LogP) is 2.78. The second-order valence-corrected chi connectivity index (χ2v) is 5.51. The molecule has 0 saturated carbocycles. The van der Waals surface area contributed by atoms with Gasteiger partial charge in [0.15, 0.2) is 5.69 Å². The lowest BCUT2D eigenvalue weighted by molar-refractivity contribution is 0.0596. The molecule has 0 aliphatic heterocycles. The van der Waals surface area contributed by atoms with Crippen molar-refractivity contribution in [3.05, 3.63) is 33.5 Å². The summed E-state index contributed by atoms with van der Waals surface area (Å²) in [6.07, 6.45) is 0. The van der Waals surface area contributed by atoms with Crippen molar-refractivity contribution in [2.75, 3.05) is 12.8 Å². The van der Waals surface area contributed by atoms with Gasteiger partial charge in [0.05, 0.1) is 7.11 Å². The first-order valence-corrected chi connectivity index (χ1v) is 6.62. The molecule has 1 aromatic heterocycles. The van der Waals surface area contributed by atoms with E-state index in [2.05, 4.69) is 32.3 Å². The number of methoxy groups -OCH3 is 1. The van der Waals surface area contributed by atoms with Gasteiger partial charge in [-0.15, -0.1) is 0 Å². The van der Waals surface area contributed by atoms with Crippen LogP contribution in [0.4, 0.5) is 5.00 Å². The fourth-order valence-corrected chi connectivity index (χ4v) is 2.68.